The summed E-state index contributed by atoms with van der Waals surface area (Å²) in [4.78, 5) is 52.7. The van der Waals surface area contributed by atoms with Gasteiger partial charge in [0.15, 0.2) is 11.4 Å². The van der Waals surface area contributed by atoms with Crippen molar-refractivity contribution in [3.8, 4) is 5.75 Å². The normalized spacial score (nSPS) is 26.5. The number of phenols is 1. The average molecular weight is 543 g/mol. The zero-order chi connectivity index (χ0) is 29.0. The van der Waals surface area contributed by atoms with E-state index in [0.29, 0.717) is 17.7 Å². The Morgan fingerprint density at radius 1 is 1.18 bits per heavy atom. The minimum absolute atomic E-state index is 0.000614. The summed E-state index contributed by atoms with van der Waals surface area (Å²) in [6, 6.07) is 1.84. The molecule has 1 aromatic rings. The Kier molecular flexibility index (Phi) is 7.35. The molecule has 0 bridgehead atoms. The number of aliphatic hydroxyl groups excluding tert-OH is 2. The van der Waals surface area contributed by atoms with Crippen molar-refractivity contribution in [2.75, 3.05) is 20.7 Å². The van der Waals surface area contributed by atoms with Gasteiger partial charge in [-0.05, 0) is 62.4 Å². The molecule has 1 aromatic carbocycles. The molecule has 4 unspecified atom stereocenters. The minimum Gasteiger partial charge on any atom is -0.508 e. The van der Waals surface area contributed by atoms with E-state index in [4.69, 9.17) is 10.5 Å². The van der Waals surface area contributed by atoms with Crippen molar-refractivity contribution in [3.05, 3.63) is 45.7 Å². The summed E-state index contributed by atoms with van der Waals surface area (Å²) in [6.07, 6.45) is 0.496. The molecule has 4 atom stereocenters. The van der Waals surface area contributed by atoms with Crippen LogP contribution in [0.1, 0.15) is 43.4 Å². The number of carbonyl (C=O) groups excluding carboxylic acids is 4. The molecule has 0 aliphatic heterocycles. The van der Waals surface area contributed by atoms with E-state index in [0.717, 1.165) is 0 Å². The van der Waals surface area contributed by atoms with Crippen LogP contribution in [0.3, 0.4) is 0 Å². The van der Waals surface area contributed by atoms with Crippen LogP contribution in [0.2, 0.25) is 0 Å². The first-order chi connectivity index (χ1) is 18.2. The molecule has 6 N–H and O–H groups in total. The van der Waals surface area contributed by atoms with Crippen LogP contribution >= 0.6 is 0 Å². The van der Waals surface area contributed by atoms with E-state index < -0.39 is 58.0 Å². The number of benzene rings is 1. The second-order valence-corrected chi connectivity index (χ2v) is 11.1. The lowest BCUT2D eigenvalue weighted by Crippen LogP contribution is -2.65. The van der Waals surface area contributed by atoms with E-state index in [1.807, 2.05) is 13.8 Å². The van der Waals surface area contributed by atoms with E-state index in [1.54, 1.807) is 20.2 Å². The minimum atomic E-state index is -2.68. The number of ether oxygens (including phenoxy) is 1. The molecular formula is C28H34N2O9. The molecule has 0 heterocycles. The van der Waals surface area contributed by atoms with Crippen LogP contribution in [0.4, 0.5) is 0 Å². The molecule has 11 heteroatoms. The van der Waals surface area contributed by atoms with Crippen molar-refractivity contribution in [2.45, 2.75) is 51.2 Å². The molecule has 11 nitrogen and oxygen atoms in total. The quantitative estimate of drug-likeness (QED) is 0.246. The number of rotatable bonds is 7. The number of primary amides is 1. The molecule has 3 aliphatic carbocycles. The first-order valence-electron chi connectivity index (χ1n) is 12.9. The number of aliphatic hydroxyl groups is 3. The largest absolute Gasteiger partial charge is 0.508 e. The Bertz CT molecular complexity index is 1330. The van der Waals surface area contributed by atoms with Gasteiger partial charge in [-0.15, -0.1) is 0 Å². The summed E-state index contributed by atoms with van der Waals surface area (Å²) in [6.45, 7) is 4.14. The van der Waals surface area contributed by atoms with Gasteiger partial charge < -0.3 is 30.9 Å². The van der Waals surface area contributed by atoms with Crippen LogP contribution in [-0.2, 0) is 36.8 Å². The number of aryl methyl sites for hydroxylation is 1. The van der Waals surface area contributed by atoms with Gasteiger partial charge in [0.25, 0.3) is 5.91 Å². The van der Waals surface area contributed by atoms with Gasteiger partial charge in [0.05, 0.1) is 18.2 Å². The third-order valence-electron chi connectivity index (χ3n) is 7.88. The number of Topliss-reactive ketones (excluding diaryl/α,β-unsaturated/α-hetero) is 2. The van der Waals surface area contributed by atoms with Gasteiger partial charge in [-0.3, -0.25) is 24.1 Å². The van der Waals surface area contributed by atoms with Crippen LogP contribution in [0.15, 0.2) is 29.0 Å². The van der Waals surface area contributed by atoms with Crippen molar-refractivity contribution in [3.63, 3.8) is 0 Å². The molecule has 0 spiro atoms. The third-order valence-corrected chi connectivity index (χ3v) is 7.88. The zero-order valence-corrected chi connectivity index (χ0v) is 22.4. The summed E-state index contributed by atoms with van der Waals surface area (Å²) in [5, 5.41) is 44.4. The lowest BCUT2D eigenvalue weighted by atomic mass is 9.57. The van der Waals surface area contributed by atoms with E-state index in [1.165, 1.54) is 11.0 Å². The van der Waals surface area contributed by atoms with Gasteiger partial charge >= 0.3 is 5.97 Å². The summed E-state index contributed by atoms with van der Waals surface area (Å²) < 4.78 is 5.25. The molecule has 1 saturated carbocycles. The number of nitrogens with zero attached hydrogens (tertiary/aromatic N) is 1. The lowest BCUT2D eigenvalue weighted by molar-refractivity contribution is -0.153. The monoisotopic (exact) mass is 542 g/mol. The fourth-order valence-corrected chi connectivity index (χ4v) is 6.11. The van der Waals surface area contributed by atoms with Crippen LogP contribution in [0.25, 0.3) is 5.76 Å². The lowest BCUT2D eigenvalue weighted by Gasteiger charge is -2.50. The number of ketones is 2. The Labute approximate surface area is 225 Å². The Balaban J connectivity index is 1.79. The highest BCUT2D eigenvalue weighted by atomic mass is 16.5. The molecule has 0 aromatic heterocycles. The molecule has 1 fully saturated rings. The highest BCUT2D eigenvalue weighted by Crippen LogP contribution is 2.53. The fraction of sp³-hybridized carbons (Fsp3) is 0.500. The number of amides is 1. The van der Waals surface area contributed by atoms with Crippen LogP contribution < -0.4 is 5.73 Å². The summed E-state index contributed by atoms with van der Waals surface area (Å²) in [5.74, 6) is -7.18. The first kappa shape index (κ1) is 28.3. The molecule has 39 heavy (non-hydrogen) atoms. The van der Waals surface area contributed by atoms with Crippen molar-refractivity contribution in [1.82, 2.24) is 4.90 Å². The van der Waals surface area contributed by atoms with Gasteiger partial charge in [-0.2, -0.15) is 0 Å². The number of nitrogens with two attached hydrogens (primary N) is 1. The maximum atomic E-state index is 13.8. The number of likely N-dealkylation sites (N-methyl/N-ethyl adjacent to an activating group) is 1. The van der Waals surface area contributed by atoms with Crippen LogP contribution in [0, 0.1) is 17.8 Å². The number of fused-ring (bicyclic) bond motifs is 3. The average Bonchev–Trinajstić information content (AvgIpc) is 2.84. The molecule has 3 aliphatic rings. The van der Waals surface area contributed by atoms with E-state index >= 15 is 0 Å². The van der Waals surface area contributed by atoms with Gasteiger partial charge in [-0.1, -0.05) is 19.9 Å². The molecule has 0 saturated heterocycles. The van der Waals surface area contributed by atoms with Gasteiger partial charge in [0.1, 0.15) is 22.8 Å². The predicted molar refractivity (Wildman–Crippen MR) is 138 cm³/mol. The maximum absolute atomic E-state index is 13.8. The summed E-state index contributed by atoms with van der Waals surface area (Å²) in [5.41, 5.74) is 2.79. The topological polar surface area (TPSA) is 188 Å². The number of hydrogen-bond donors (Lipinski definition) is 5. The summed E-state index contributed by atoms with van der Waals surface area (Å²) in [7, 11) is 3.09. The second-order valence-electron chi connectivity index (χ2n) is 11.1. The van der Waals surface area contributed by atoms with E-state index in [9.17, 15) is 39.6 Å². The third kappa shape index (κ3) is 4.49. The zero-order valence-electron chi connectivity index (χ0n) is 22.4. The molecular weight excluding hydrogens is 508 g/mol. The van der Waals surface area contributed by atoms with Crippen molar-refractivity contribution < 1.29 is 44.3 Å². The van der Waals surface area contributed by atoms with Crippen LogP contribution in [-0.4, -0.2) is 81.1 Å². The smallest absolute Gasteiger partial charge is 0.306 e. The number of hydrogen-bond acceptors (Lipinski definition) is 10. The molecule has 0 radical (unpaired) electrons. The van der Waals surface area contributed by atoms with E-state index in [-0.39, 0.29) is 54.5 Å². The van der Waals surface area contributed by atoms with Crippen LogP contribution in [0.5, 0.6) is 5.75 Å². The Morgan fingerprint density at radius 3 is 2.44 bits per heavy atom. The van der Waals surface area contributed by atoms with Gasteiger partial charge in [0, 0.05) is 17.9 Å². The summed E-state index contributed by atoms with van der Waals surface area (Å²) >= 11 is 0. The van der Waals surface area contributed by atoms with E-state index in [2.05, 4.69) is 0 Å². The Hall–Kier alpha value is -3.70. The van der Waals surface area contributed by atoms with Crippen molar-refractivity contribution in [1.29, 1.82) is 0 Å². The highest BCUT2D eigenvalue weighted by Gasteiger charge is 2.64. The predicted octanol–water partition coefficient (Wildman–Crippen LogP) is 1.10. The molecule has 1 amide bonds. The van der Waals surface area contributed by atoms with Gasteiger partial charge in [0.2, 0.25) is 5.78 Å². The Morgan fingerprint density at radius 2 is 1.85 bits per heavy atom. The first-order valence-corrected chi connectivity index (χ1v) is 12.9. The number of esters is 1. The standard InChI is InChI=1S/C28H34N2O9/c1-12(2)11-39-18(32)8-6-13-5-7-17(31)20-15(13)9-14-10-16-22(30(3)4)24(34)21(27(29)37)26(36)28(16,38)25(35)19(14)23(20)33/h5,7,12,14,16,22,31,33,36,38H,6,8-11H2,1-4H3,(H2,29,37). The van der Waals surface area contributed by atoms with Crippen molar-refractivity contribution in [2.24, 2.45) is 23.5 Å². The van der Waals surface area contributed by atoms with Gasteiger partial charge in [-0.25, -0.2) is 0 Å². The number of aromatic hydroxyl groups is 1. The SMILES string of the molecule is CC(C)COC(=O)CCc1ccc(O)c2c1CC1CC3C(N(C)C)C(=O)C(C(N)=O)=C(O)C3(O)C(=O)C1=C2O. The second kappa shape index (κ2) is 10.1. The highest BCUT2D eigenvalue weighted by molar-refractivity contribution is 6.24. The fourth-order valence-electron chi connectivity index (χ4n) is 6.11. The number of carbonyl (C=O) groups is 4. The molecule has 210 valence electrons. The maximum Gasteiger partial charge on any atom is 0.306 e. The number of phenolic OH excluding ortho intramolecular Hbond substituents is 1. The van der Waals surface area contributed by atoms with Crippen molar-refractivity contribution >= 4 is 29.2 Å². The molecule has 4 rings (SSSR count).